The number of benzene rings is 1. The van der Waals surface area contributed by atoms with Crippen molar-refractivity contribution in [1.82, 2.24) is 4.31 Å². The van der Waals surface area contributed by atoms with Gasteiger partial charge in [-0.1, -0.05) is 31.4 Å². The Balaban J connectivity index is 2.34. The van der Waals surface area contributed by atoms with E-state index in [9.17, 15) is 8.42 Å². The van der Waals surface area contributed by atoms with Crippen molar-refractivity contribution in [2.24, 2.45) is 0 Å². The van der Waals surface area contributed by atoms with Gasteiger partial charge in [0.1, 0.15) is 0 Å². The Bertz CT molecular complexity index is 573. The summed E-state index contributed by atoms with van der Waals surface area (Å²) in [5, 5.41) is 0.382. The van der Waals surface area contributed by atoms with Crippen LogP contribution in [-0.4, -0.2) is 25.3 Å². The zero-order valence-corrected chi connectivity index (χ0v) is 13.3. The summed E-state index contributed by atoms with van der Waals surface area (Å²) in [6.45, 7) is 2.68. The van der Waals surface area contributed by atoms with E-state index >= 15 is 0 Å². The fourth-order valence-electron chi connectivity index (χ4n) is 2.73. The van der Waals surface area contributed by atoms with E-state index in [2.05, 4.69) is 6.92 Å². The molecule has 0 radical (unpaired) electrons. The molecule has 2 rings (SSSR count). The van der Waals surface area contributed by atoms with Crippen LogP contribution < -0.4 is 5.73 Å². The standard InChI is InChI=1S/C14H21ClN2O2S/c1-2-5-11-6-3-4-9-17(11)20(18,19)12-7-8-13(15)14(16)10-12/h7-8,10-11H,2-6,9,16H2,1H3. The highest BCUT2D eigenvalue weighted by molar-refractivity contribution is 7.89. The van der Waals surface area contributed by atoms with E-state index in [0.717, 1.165) is 32.1 Å². The molecule has 1 aromatic rings. The molecule has 1 atom stereocenters. The molecular weight excluding hydrogens is 296 g/mol. The van der Waals surface area contributed by atoms with Crippen LogP contribution in [0, 0.1) is 0 Å². The Morgan fingerprint density at radius 2 is 2.15 bits per heavy atom. The van der Waals surface area contributed by atoms with Crippen molar-refractivity contribution in [2.45, 2.75) is 50.0 Å². The molecule has 0 spiro atoms. The van der Waals surface area contributed by atoms with Crippen LogP contribution in [0.25, 0.3) is 0 Å². The Kier molecular flexibility index (Phi) is 4.94. The summed E-state index contributed by atoms with van der Waals surface area (Å²) in [6, 6.07) is 4.64. The Labute approximate surface area is 126 Å². The minimum Gasteiger partial charge on any atom is -0.397 e. The molecular formula is C14H21ClN2O2S. The number of sulfonamides is 1. The normalized spacial score (nSPS) is 21.0. The van der Waals surface area contributed by atoms with Crippen molar-refractivity contribution in [3.63, 3.8) is 0 Å². The molecule has 1 aliphatic rings. The van der Waals surface area contributed by atoms with E-state index in [1.165, 1.54) is 12.1 Å². The minimum atomic E-state index is -3.48. The van der Waals surface area contributed by atoms with Gasteiger partial charge in [0.25, 0.3) is 0 Å². The number of nitrogens with two attached hydrogens (primary N) is 1. The molecule has 20 heavy (non-hydrogen) atoms. The lowest BCUT2D eigenvalue weighted by Crippen LogP contribution is -2.43. The molecule has 1 unspecified atom stereocenters. The number of hydrogen-bond donors (Lipinski definition) is 1. The average Bonchev–Trinajstić information content (AvgIpc) is 2.42. The minimum absolute atomic E-state index is 0.107. The van der Waals surface area contributed by atoms with E-state index in [0.29, 0.717) is 17.3 Å². The van der Waals surface area contributed by atoms with Crippen molar-refractivity contribution < 1.29 is 8.42 Å². The summed E-state index contributed by atoms with van der Waals surface area (Å²) < 4.78 is 27.2. The highest BCUT2D eigenvalue weighted by Crippen LogP contribution is 2.30. The molecule has 1 aromatic carbocycles. The SMILES string of the molecule is CCCC1CCCCN1S(=O)(=O)c1ccc(Cl)c(N)c1. The predicted molar refractivity (Wildman–Crippen MR) is 82.3 cm³/mol. The van der Waals surface area contributed by atoms with Gasteiger partial charge in [-0.15, -0.1) is 0 Å². The second kappa shape index (κ2) is 6.33. The van der Waals surface area contributed by atoms with E-state index in [4.69, 9.17) is 17.3 Å². The van der Waals surface area contributed by atoms with Crippen LogP contribution >= 0.6 is 11.6 Å². The monoisotopic (exact) mass is 316 g/mol. The first kappa shape index (κ1) is 15.6. The number of piperidine rings is 1. The van der Waals surface area contributed by atoms with Gasteiger partial charge in [0, 0.05) is 12.6 Å². The zero-order valence-electron chi connectivity index (χ0n) is 11.7. The molecule has 0 aromatic heterocycles. The van der Waals surface area contributed by atoms with Crippen molar-refractivity contribution >= 4 is 27.3 Å². The first-order valence-electron chi connectivity index (χ1n) is 7.03. The number of nitrogen functional groups attached to an aromatic ring is 1. The van der Waals surface area contributed by atoms with Crippen LogP contribution in [-0.2, 0) is 10.0 Å². The van der Waals surface area contributed by atoms with Crippen LogP contribution in [0.4, 0.5) is 5.69 Å². The Morgan fingerprint density at radius 1 is 1.40 bits per heavy atom. The lowest BCUT2D eigenvalue weighted by atomic mass is 10.0. The van der Waals surface area contributed by atoms with Crippen LogP contribution in [0.3, 0.4) is 0 Å². The molecule has 0 aliphatic carbocycles. The second-order valence-electron chi connectivity index (χ2n) is 5.24. The van der Waals surface area contributed by atoms with Gasteiger partial charge >= 0.3 is 0 Å². The highest BCUT2D eigenvalue weighted by Gasteiger charge is 2.33. The zero-order chi connectivity index (χ0) is 14.8. The maximum atomic E-state index is 12.8. The lowest BCUT2D eigenvalue weighted by Gasteiger charge is -2.34. The van der Waals surface area contributed by atoms with Gasteiger partial charge in [-0.25, -0.2) is 8.42 Å². The topological polar surface area (TPSA) is 63.4 Å². The molecule has 6 heteroatoms. The third-order valence-corrected chi connectivity index (χ3v) is 6.06. The van der Waals surface area contributed by atoms with Crippen molar-refractivity contribution in [2.75, 3.05) is 12.3 Å². The highest BCUT2D eigenvalue weighted by atomic mass is 35.5. The molecule has 0 amide bonds. The van der Waals surface area contributed by atoms with Crippen molar-refractivity contribution in [1.29, 1.82) is 0 Å². The van der Waals surface area contributed by atoms with Crippen molar-refractivity contribution in [3.8, 4) is 0 Å². The fourth-order valence-corrected chi connectivity index (χ4v) is 4.61. The van der Waals surface area contributed by atoms with E-state index in [1.54, 1.807) is 10.4 Å². The molecule has 1 aliphatic heterocycles. The van der Waals surface area contributed by atoms with Gasteiger partial charge in [-0.2, -0.15) is 4.31 Å². The molecule has 1 saturated heterocycles. The molecule has 112 valence electrons. The maximum absolute atomic E-state index is 12.8. The van der Waals surface area contributed by atoms with Gasteiger partial charge in [-0.3, -0.25) is 0 Å². The van der Waals surface area contributed by atoms with E-state index < -0.39 is 10.0 Å². The van der Waals surface area contributed by atoms with Gasteiger partial charge < -0.3 is 5.73 Å². The average molecular weight is 317 g/mol. The fraction of sp³-hybridized carbons (Fsp3) is 0.571. The maximum Gasteiger partial charge on any atom is 0.243 e. The second-order valence-corrected chi connectivity index (χ2v) is 7.54. The first-order chi connectivity index (χ1) is 9.46. The van der Waals surface area contributed by atoms with Crippen molar-refractivity contribution in [3.05, 3.63) is 23.2 Å². The lowest BCUT2D eigenvalue weighted by molar-refractivity contribution is 0.239. The summed E-state index contributed by atoms with van der Waals surface area (Å²) in [4.78, 5) is 0.238. The molecule has 0 saturated carbocycles. The summed E-state index contributed by atoms with van der Waals surface area (Å²) in [5.74, 6) is 0. The molecule has 2 N–H and O–H groups in total. The van der Waals surface area contributed by atoms with Gasteiger partial charge in [0.05, 0.1) is 15.6 Å². The van der Waals surface area contributed by atoms with Crippen LogP contribution in [0.1, 0.15) is 39.0 Å². The van der Waals surface area contributed by atoms with Crippen LogP contribution in [0.2, 0.25) is 5.02 Å². The quantitative estimate of drug-likeness (QED) is 0.867. The van der Waals surface area contributed by atoms with Gasteiger partial charge in [-0.05, 0) is 37.5 Å². The molecule has 1 heterocycles. The Hall–Kier alpha value is -0.780. The number of halogens is 1. The van der Waals surface area contributed by atoms with Gasteiger partial charge in [0.2, 0.25) is 10.0 Å². The smallest absolute Gasteiger partial charge is 0.243 e. The largest absolute Gasteiger partial charge is 0.397 e. The number of anilines is 1. The third kappa shape index (κ3) is 3.10. The van der Waals surface area contributed by atoms with Crippen LogP contribution in [0.15, 0.2) is 23.1 Å². The summed E-state index contributed by atoms with van der Waals surface area (Å²) in [6.07, 6.45) is 4.85. The summed E-state index contributed by atoms with van der Waals surface area (Å²) >= 11 is 5.86. The number of hydrogen-bond acceptors (Lipinski definition) is 3. The van der Waals surface area contributed by atoms with Gasteiger partial charge in [0.15, 0.2) is 0 Å². The Morgan fingerprint density at radius 3 is 2.80 bits per heavy atom. The number of nitrogens with zero attached hydrogens (tertiary/aromatic N) is 1. The van der Waals surface area contributed by atoms with Crippen LogP contribution in [0.5, 0.6) is 0 Å². The molecule has 0 bridgehead atoms. The first-order valence-corrected chi connectivity index (χ1v) is 8.85. The summed E-state index contributed by atoms with van der Waals surface area (Å²) in [7, 11) is -3.48. The molecule has 4 nitrogen and oxygen atoms in total. The van der Waals surface area contributed by atoms with E-state index in [1.807, 2.05) is 0 Å². The van der Waals surface area contributed by atoms with E-state index in [-0.39, 0.29) is 10.9 Å². The molecule has 1 fully saturated rings. The predicted octanol–water partition coefficient (Wildman–Crippen LogP) is 3.27. The third-order valence-electron chi connectivity index (χ3n) is 3.77. The summed E-state index contributed by atoms with van der Waals surface area (Å²) in [5.41, 5.74) is 6.03. The number of rotatable bonds is 4.